The van der Waals surface area contributed by atoms with Crippen molar-refractivity contribution in [1.29, 1.82) is 0 Å². The number of thiophene rings is 2. The molecule has 1 N–H and O–H groups in total. The Balaban J connectivity index is 1.78. The summed E-state index contributed by atoms with van der Waals surface area (Å²) in [5.74, 6) is -0.381. The molecule has 0 radical (unpaired) electrons. The molecule has 0 saturated heterocycles. The Kier molecular flexibility index (Phi) is 4.70. The Bertz CT molecular complexity index is 661. The molecule has 3 aromatic rings. The lowest BCUT2D eigenvalue weighted by Crippen LogP contribution is -2.20. The van der Waals surface area contributed by atoms with Crippen molar-refractivity contribution in [3.05, 3.63) is 79.4 Å². The lowest BCUT2D eigenvalue weighted by molar-refractivity contribution is 0.612. The molecule has 0 spiro atoms. The predicted octanol–water partition coefficient (Wildman–Crippen LogP) is 5.48. The maximum Gasteiger partial charge on any atom is 0.141 e. The molecule has 5 heteroatoms. The van der Waals surface area contributed by atoms with Crippen molar-refractivity contribution in [3.63, 3.8) is 0 Å². The van der Waals surface area contributed by atoms with Gasteiger partial charge < -0.3 is 5.32 Å². The average molecular weight is 338 g/mol. The molecular weight excluding hydrogens is 325 g/mol. The van der Waals surface area contributed by atoms with Crippen LogP contribution in [-0.4, -0.2) is 0 Å². The van der Waals surface area contributed by atoms with Gasteiger partial charge in [0.1, 0.15) is 5.82 Å². The van der Waals surface area contributed by atoms with E-state index in [9.17, 15) is 4.39 Å². The Hall–Kier alpha value is -1.20. The highest BCUT2D eigenvalue weighted by Crippen LogP contribution is 2.29. The van der Waals surface area contributed by atoms with E-state index >= 15 is 0 Å². The van der Waals surface area contributed by atoms with Crippen LogP contribution in [0.2, 0.25) is 5.02 Å². The minimum Gasteiger partial charge on any atom is -0.301 e. The molecule has 0 fully saturated rings. The molecule has 1 nitrogen and oxygen atoms in total. The maximum absolute atomic E-state index is 13.2. The van der Waals surface area contributed by atoms with Crippen molar-refractivity contribution in [2.75, 3.05) is 0 Å². The van der Waals surface area contributed by atoms with Gasteiger partial charge in [-0.25, -0.2) is 4.39 Å². The number of nitrogens with one attached hydrogen (secondary N) is 1. The monoisotopic (exact) mass is 337 g/mol. The molecule has 0 aliphatic carbocycles. The van der Waals surface area contributed by atoms with E-state index in [-0.39, 0.29) is 16.9 Å². The molecule has 0 bridgehead atoms. The first kappa shape index (κ1) is 14.7. The minimum absolute atomic E-state index is 0.161. The minimum atomic E-state index is -0.381. The summed E-state index contributed by atoms with van der Waals surface area (Å²) in [5, 5.41) is 7.84. The van der Waals surface area contributed by atoms with Gasteiger partial charge in [0.15, 0.2) is 0 Å². The lowest BCUT2D eigenvalue weighted by atomic mass is 10.1. The van der Waals surface area contributed by atoms with Crippen LogP contribution in [-0.2, 0) is 6.54 Å². The Morgan fingerprint density at radius 1 is 1.05 bits per heavy atom. The highest BCUT2D eigenvalue weighted by Gasteiger charge is 2.15. The molecular formula is C16H13ClFNS2. The van der Waals surface area contributed by atoms with Crippen LogP contribution in [0.3, 0.4) is 0 Å². The van der Waals surface area contributed by atoms with Gasteiger partial charge in [-0.05, 0) is 40.6 Å². The summed E-state index contributed by atoms with van der Waals surface area (Å²) >= 11 is 9.29. The summed E-state index contributed by atoms with van der Waals surface area (Å²) < 4.78 is 13.2. The van der Waals surface area contributed by atoms with E-state index in [1.807, 2.05) is 0 Å². The highest BCUT2D eigenvalue weighted by molar-refractivity contribution is 7.11. The normalized spacial score (nSPS) is 11.2. The molecule has 0 saturated carbocycles. The topological polar surface area (TPSA) is 12.0 Å². The summed E-state index contributed by atoms with van der Waals surface area (Å²) in [5.41, 5.74) is 0.972. The second kappa shape index (κ2) is 6.71. The first-order chi connectivity index (χ1) is 10.2. The van der Waals surface area contributed by atoms with Gasteiger partial charge in [0.25, 0.3) is 0 Å². The van der Waals surface area contributed by atoms with Crippen LogP contribution in [0.4, 0.5) is 4.39 Å². The largest absolute Gasteiger partial charge is 0.301 e. The standard InChI is InChI=1S/C16H13ClFNS2/c17-12-9-11(5-6-13(12)18)10-19-16(14-3-1-7-20-14)15-4-2-8-21-15/h1-9,16,19H,10H2. The lowest BCUT2D eigenvalue weighted by Gasteiger charge is -2.16. The van der Waals surface area contributed by atoms with E-state index in [4.69, 9.17) is 11.6 Å². The third-order valence-corrected chi connectivity index (χ3v) is 5.31. The maximum atomic E-state index is 13.2. The van der Waals surface area contributed by atoms with Crippen molar-refractivity contribution < 1.29 is 4.39 Å². The first-order valence-electron chi connectivity index (χ1n) is 6.48. The molecule has 3 rings (SSSR count). The van der Waals surface area contributed by atoms with Gasteiger partial charge in [-0.3, -0.25) is 0 Å². The SMILES string of the molecule is Fc1ccc(CNC(c2cccs2)c2cccs2)cc1Cl. The molecule has 0 atom stereocenters. The van der Waals surface area contributed by atoms with Crippen molar-refractivity contribution in [3.8, 4) is 0 Å². The average Bonchev–Trinajstić information content (AvgIpc) is 3.16. The third-order valence-electron chi connectivity index (χ3n) is 3.15. The zero-order chi connectivity index (χ0) is 14.7. The van der Waals surface area contributed by atoms with Gasteiger partial charge in [-0.1, -0.05) is 29.8 Å². The molecule has 0 aliphatic heterocycles. The van der Waals surface area contributed by atoms with Crippen LogP contribution in [0.25, 0.3) is 0 Å². The molecule has 0 aliphatic rings. The van der Waals surface area contributed by atoms with E-state index in [1.165, 1.54) is 15.8 Å². The van der Waals surface area contributed by atoms with E-state index in [1.54, 1.807) is 34.8 Å². The number of rotatable bonds is 5. The fraction of sp³-hybridized carbons (Fsp3) is 0.125. The first-order valence-corrected chi connectivity index (χ1v) is 8.62. The summed E-state index contributed by atoms with van der Waals surface area (Å²) in [6, 6.07) is 13.4. The van der Waals surface area contributed by atoms with Crippen LogP contribution in [0.5, 0.6) is 0 Å². The van der Waals surface area contributed by atoms with E-state index in [0.717, 1.165) is 5.56 Å². The van der Waals surface area contributed by atoms with Crippen LogP contribution >= 0.6 is 34.3 Å². The van der Waals surface area contributed by atoms with Crippen molar-refractivity contribution in [1.82, 2.24) is 5.32 Å². The molecule has 2 heterocycles. The molecule has 0 unspecified atom stereocenters. The van der Waals surface area contributed by atoms with Crippen molar-refractivity contribution in [2.24, 2.45) is 0 Å². The summed E-state index contributed by atoms with van der Waals surface area (Å²) in [6.45, 7) is 0.639. The molecule has 21 heavy (non-hydrogen) atoms. The van der Waals surface area contributed by atoms with Crippen LogP contribution < -0.4 is 5.32 Å². The fourth-order valence-corrected chi connectivity index (χ4v) is 4.04. The molecule has 2 aromatic heterocycles. The van der Waals surface area contributed by atoms with E-state index in [0.29, 0.717) is 6.54 Å². The van der Waals surface area contributed by atoms with E-state index in [2.05, 4.69) is 40.3 Å². The van der Waals surface area contributed by atoms with Crippen LogP contribution in [0.15, 0.2) is 53.2 Å². The highest BCUT2D eigenvalue weighted by atomic mass is 35.5. The fourth-order valence-electron chi connectivity index (χ4n) is 2.12. The predicted molar refractivity (Wildman–Crippen MR) is 88.7 cm³/mol. The molecule has 108 valence electrons. The van der Waals surface area contributed by atoms with Gasteiger partial charge in [0.05, 0.1) is 11.1 Å². The third kappa shape index (κ3) is 3.52. The quantitative estimate of drug-likeness (QED) is 0.650. The second-order valence-electron chi connectivity index (χ2n) is 4.59. The van der Waals surface area contributed by atoms with E-state index < -0.39 is 0 Å². The van der Waals surface area contributed by atoms with Crippen molar-refractivity contribution >= 4 is 34.3 Å². The van der Waals surface area contributed by atoms with Gasteiger partial charge in [-0.15, -0.1) is 22.7 Å². The van der Waals surface area contributed by atoms with Gasteiger partial charge in [0, 0.05) is 16.3 Å². The van der Waals surface area contributed by atoms with Gasteiger partial charge in [0.2, 0.25) is 0 Å². The number of halogens is 2. The number of hydrogen-bond acceptors (Lipinski definition) is 3. The Morgan fingerprint density at radius 2 is 1.71 bits per heavy atom. The summed E-state index contributed by atoms with van der Waals surface area (Å²) in [4.78, 5) is 2.54. The smallest absolute Gasteiger partial charge is 0.141 e. The zero-order valence-electron chi connectivity index (χ0n) is 11.1. The number of hydrogen-bond donors (Lipinski definition) is 1. The summed E-state index contributed by atoms with van der Waals surface area (Å²) in [6.07, 6.45) is 0. The Labute approximate surface area is 136 Å². The van der Waals surface area contributed by atoms with Gasteiger partial charge in [-0.2, -0.15) is 0 Å². The van der Waals surface area contributed by atoms with Gasteiger partial charge >= 0.3 is 0 Å². The number of benzene rings is 1. The molecule has 1 aromatic carbocycles. The zero-order valence-corrected chi connectivity index (χ0v) is 13.4. The van der Waals surface area contributed by atoms with Crippen LogP contribution in [0, 0.1) is 5.82 Å². The van der Waals surface area contributed by atoms with Crippen molar-refractivity contribution in [2.45, 2.75) is 12.6 Å². The molecule has 0 amide bonds. The Morgan fingerprint density at radius 3 is 2.24 bits per heavy atom. The second-order valence-corrected chi connectivity index (χ2v) is 6.96. The van der Waals surface area contributed by atoms with Crippen LogP contribution in [0.1, 0.15) is 21.4 Å². The summed E-state index contributed by atoms with van der Waals surface area (Å²) in [7, 11) is 0.